The van der Waals surface area contributed by atoms with Gasteiger partial charge in [0.1, 0.15) is 0 Å². The van der Waals surface area contributed by atoms with E-state index >= 15 is 0 Å². The first-order valence-electron chi connectivity index (χ1n) is 3.09. The van der Waals surface area contributed by atoms with Gasteiger partial charge in [0.15, 0.2) is 5.75 Å². The van der Waals surface area contributed by atoms with Crippen molar-refractivity contribution in [2.75, 3.05) is 0 Å². The summed E-state index contributed by atoms with van der Waals surface area (Å²) in [6, 6.07) is 5.25. The summed E-state index contributed by atoms with van der Waals surface area (Å²) in [5, 5.41) is 0. The highest BCUT2D eigenvalue weighted by Gasteiger charge is 1.94. The lowest BCUT2D eigenvalue weighted by atomic mass is 10.1. The molecule has 0 radical (unpaired) electrons. The van der Waals surface area contributed by atoms with Crippen LogP contribution < -0.4 is 4.94 Å². The molecule has 0 unspecified atom stereocenters. The van der Waals surface area contributed by atoms with Crippen molar-refractivity contribution in [3.8, 4) is 5.75 Å². The van der Waals surface area contributed by atoms with Gasteiger partial charge in [0, 0.05) is 4.53 Å². The van der Waals surface area contributed by atoms with Crippen LogP contribution in [0.5, 0.6) is 5.75 Å². The van der Waals surface area contributed by atoms with Gasteiger partial charge in [0.2, 0.25) is 0 Å². The largest absolute Gasteiger partial charge is 0.294 e. The molecule has 0 aliphatic heterocycles. The van der Waals surface area contributed by atoms with E-state index in [0.717, 1.165) is 11.1 Å². The highest BCUT2D eigenvalue weighted by atomic mass is 19.3. The first-order valence-corrected chi connectivity index (χ1v) is 3.09. The molecule has 0 atom stereocenters. The molecule has 0 N–H and O–H groups in total. The van der Waals surface area contributed by atoms with Gasteiger partial charge in [0.05, 0.1) is 0 Å². The fraction of sp³-hybridized carbons (Fsp3) is 0.250. The fourth-order valence-electron chi connectivity index (χ4n) is 0.977. The second kappa shape index (κ2) is 2.69. The summed E-state index contributed by atoms with van der Waals surface area (Å²) in [6.45, 7) is 3.80. The summed E-state index contributed by atoms with van der Waals surface area (Å²) in [4.78, 5) is 3.58. The number of hydrogen-bond acceptors (Lipinski definition) is 1. The van der Waals surface area contributed by atoms with Crippen LogP contribution in [0, 0.1) is 13.8 Å². The summed E-state index contributed by atoms with van der Waals surface area (Å²) in [7, 11) is 0. The maximum atomic E-state index is 11.6. The Morgan fingerprint density at radius 3 is 2.00 bits per heavy atom. The molecule has 1 nitrogen and oxygen atoms in total. The average Bonchev–Trinajstić information content (AvgIpc) is 1.85. The summed E-state index contributed by atoms with van der Waals surface area (Å²) >= 11 is 0. The summed E-state index contributed by atoms with van der Waals surface area (Å²) < 4.78 is 11.6. The smallest absolute Gasteiger partial charge is 0.172 e. The van der Waals surface area contributed by atoms with Gasteiger partial charge >= 0.3 is 0 Å². The Bertz CT molecular complexity index is 212. The van der Waals surface area contributed by atoms with E-state index in [1.165, 1.54) is 0 Å². The quantitative estimate of drug-likeness (QED) is 0.582. The van der Waals surface area contributed by atoms with E-state index in [2.05, 4.69) is 4.94 Å². The minimum absolute atomic E-state index is 0.275. The van der Waals surface area contributed by atoms with Gasteiger partial charge in [-0.25, -0.2) is 0 Å². The third-order valence-electron chi connectivity index (χ3n) is 1.28. The Balaban J connectivity index is 3.06. The summed E-state index contributed by atoms with van der Waals surface area (Å²) in [5.41, 5.74) is 2.01. The summed E-state index contributed by atoms with van der Waals surface area (Å²) in [5.74, 6) is 0.275. The lowest BCUT2D eigenvalue weighted by Gasteiger charge is -1.97. The van der Waals surface area contributed by atoms with Crippen molar-refractivity contribution in [3.05, 3.63) is 29.3 Å². The SMILES string of the molecule is Cc1cc(C)cc(OF)c1. The Labute approximate surface area is 59.3 Å². The minimum Gasteiger partial charge on any atom is -0.294 e. The second-order valence-electron chi connectivity index (χ2n) is 2.40. The molecule has 10 heavy (non-hydrogen) atoms. The predicted octanol–water partition coefficient (Wildman–Crippen LogP) is 2.57. The lowest BCUT2D eigenvalue weighted by molar-refractivity contribution is -0.00632. The van der Waals surface area contributed by atoms with E-state index in [4.69, 9.17) is 0 Å². The molecule has 0 fully saturated rings. The highest BCUT2D eigenvalue weighted by molar-refractivity contribution is 5.32. The molecule has 0 saturated heterocycles. The van der Waals surface area contributed by atoms with E-state index < -0.39 is 0 Å². The van der Waals surface area contributed by atoms with E-state index in [1.807, 2.05) is 19.9 Å². The van der Waals surface area contributed by atoms with Crippen LogP contribution in [0.2, 0.25) is 0 Å². The number of aryl methyl sites for hydroxylation is 2. The van der Waals surface area contributed by atoms with Crippen molar-refractivity contribution in [1.82, 2.24) is 0 Å². The van der Waals surface area contributed by atoms with Crippen LogP contribution >= 0.6 is 0 Å². The molecule has 0 spiro atoms. The van der Waals surface area contributed by atoms with Gasteiger partial charge in [-0.15, -0.1) is 0 Å². The third kappa shape index (κ3) is 1.47. The topological polar surface area (TPSA) is 9.23 Å². The average molecular weight is 140 g/mol. The van der Waals surface area contributed by atoms with Gasteiger partial charge in [-0.1, -0.05) is 6.07 Å². The first-order chi connectivity index (χ1) is 4.72. The van der Waals surface area contributed by atoms with E-state index in [9.17, 15) is 4.53 Å². The molecule has 0 aliphatic carbocycles. The minimum atomic E-state index is 0.275. The van der Waals surface area contributed by atoms with Crippen LogP contribution in [0.15, 0.2) is 18.2 Å². The van der Waals surface area contributed by atoms with Crippen LogP contribution in [-0.4, -0.2) is 0 Å². The van der Waals surface area contributed by atoms with Crippen LogP contribution in [0.4, 0.5) is 4.53 Å². The zero-order valence-electron chi connectivity index (χ0n) is 6.02. The maximum absolute atomic E-state index is 11.6. The zero-order valence-corrected chi connectivity index (χ0v) is 6.02. The lowest BCUT2D eigenvalue weighted by Crippen LogP contribution is -1.80. The molecule has 0 aliphatic rings. The van der Waals surface area contributed by atoms with Crippen molar-refractivity contribution in [2.45, 2.75) is 13.8 Å². The van der Waals surface area contributed by atoms with Gasteiger partial charge in [0.25, 0.3) is 0 Å². The molecule has 2 heteroatoms. The number of benzene rings is 1. The highest BCUT2D eigenvalue weighted by Crippen LogP contribution is 2.15. The first kappa shape index (κ1) is 7.06. The molecular weight excluding hydrogens is 131 g/mol. The Hall–Kier alpha value is -1.05. The number of halogens is 1. The molecule has 1 aromatic rings. The number of hydrogen-bond donors (Lipinski definition) is 0. The van der Waals surface area contributed by atoms with Crippen LogP contribution in [0.3, 0.4) is 0 Å². The van der Waals surface area contributed by atoms with Crippen molar-refractivity contribution >= 4 is 0 Å². The normalized spacial score (nSPS) is 9.50. The zero-order chi connectivity index (χ0) is 7.56. The van der Waals surface area contributed by atoms with Crippen molar-refractivity contribution < 1.29 is 9.47 Å². The van der Waals surface area contributed by atoms with Crippen LogP contribution in [-0.2, 0) is 0 Å². The van der Waals surface area contributed by atoms with Gasteiger partial charge in [-0.05, 0) is 37.1 Å². The Morgan fingerprint density at radius 2 is 1.60 bits per heavy atom. The van der Waals surface area contributed by atoms with Crippen LogP contribution in [0.1, 0.15) is 11.1 Å². The fourth-order valence-corrected chi connectivity index (χ4v) is 0.977. The molecular formula is C8H9FO. The standard InChI is InChI=1S/C8H9FO/c1-6-3-7(2)5-8(4-6)10-9/h3-5H,1-2H3. The summed E-state index contributed by atoms with van der Waals surface area (Å²) in [6.07, 6.45) is 0. The molecule has 1 aromatic carbocycles. The molecule has 1 rings (SSSR count). The van der Waals surface area contributed by atoms with Crippen molar-refractivity contribution in [1.29, 1.82) is 0 Å². The molecule has 0 saturated carbocycles. The molecule has 0 bridgehead atoms. The second-order valence-corrected chi connectivity index (χ2v) is 2.40. The monoisotopic (exact) mass is 140 g/mol. The third-order valence-corrected chi connectivity index (χ3v) is 1.28. The molecule has 54 valence electrons. The predicted molar refractivity (Wildman–Crippen MR) is 37.7 cm³/mol. The van der Waals surface area contributed by atoms with Gasteiger partial charge in [-0.2, -0.15) is 0 Å². The maximum Gasteiger partial charge on any atom is 0.172 e. The van der Waals surface area contributed by atoms with E-state index in [0.29, 0.717) is 0 Å². The molecule has 0 aromatic heterocycles. The van der Waals surface area contributed by atoms with E-state index in [-0.39, 0.29) is 5.75 Å². The van der Waals surface area contributed by atoms with Gasteiger partial charge < -0.3 is 0 Å². The Morgan fingerprint density at radius 1 is 1.10 bits per heavy atom. The van der Waals surface area contributed by atoms with Crippen molar-refractivity contribution in [2.24, 2.45) is 0 Å². The molecule has 0 amide bonds. The Kier molecular flexibility index (Phi) is 1.90. The van der Waals surface area contributed by atoms with Crippen LogP contribution in [0.25, 0.3) is 0 Å². The van der Waals surface area contributed by atoms with Crippen molar-refractivity contribution in [3.63, 3.8) is 0 Å². The van der Waals surface area contributed by atoms with Gasteiger partial charge in [-0.3, -0.25) is 4.94 Å². The number of rotatable bonds is 1. The molecule has 0 heterocycles. The van der Waals surface area contributed by atoms with E-state index in [1.54, 1.807) is 12.1 Å².